The van der Waals surface area contributed by atoms with E-state index in [1.807, 2.05) is 30.3 Å². The summed E-state index contributed by atoms with van der Waals surface area (Å²) < 4.78 is 5.62. The number of hydrogen-bond acceptors (Lipinski definition) is 5. The third-order valence-corrected chi connectivity index (χ3v) is 3.58. The molecule has 0 saturated carbocycles. The van der Waals surface area contributed by atoms with Crippen molar-refractivity contribution in [3.8, 4) is 5.88 Å². The Labute approximate surface area is 127 Å². The van der Waals surface area contributed by atoms with Gasteiger partial charge in [-0.15, -0.1) is 0 Å². The summed E-state index contributed by atoms with van der Waals surface area (Å²) in [5.74, 6) is -1.06. The molecular formula is C16H15N3O3. The average Bonchev–Trinajstić information content (AvgIpc) is 2.82. The topological polar surface area (TPSA) is 72.4 Å². The van der Waals surface area contributed by atoms with Gasteiger partial charge < -0.3 is 9.64 Å². The largest absolute Gasteiger partial charge is 0.473 e. The highest BCUT2D eigenvalue weighted by molar-refractivity contribution is 6.40. The molecule has 1 saturated heterocycles. The Hall–Kier alpha value is -2.76. The first kappa shape index (κ1) is 14.2. The summed E-state index contributed by atoms with van der Waals surface area (Å²) in [6.45, 7) is 0.724. The number of aromatic nitrogens is 2. The van der Waals surface area contributed by atoms with Crippen molar-refractivity contribution in [1.82, 2.24) is 14.9 Å². The van der Waals surface area contributed by atoms with Gasteiger partial charge in [-0.3, -0.25) is 9.59 Å². The van der Waals surface area contributed by atoms with Gasteiger partial charge in [-0.25, -0.2) is 9.97 Å². The monoisotopic (exact) mass is 297 g/mol. The molecule has 3 rings (SSSR count). The number of carbonyl (C=O) groups excluding carboxylic acids is 2. The van der Waals surface area contributed by atoms with Crippen molar-refractivity contribution in [1.29, 1.82) is 0 Å². The molecule has 1 aliphatic heterocycles. The van der Waals surface area contributed by atoms with Crippen LogP contribution in [0.3, 0.4) is 0 Å². The normalized spacial score (nSPS) is 17.9. The van der Waals surface area contributed by atoms with Gasteiger partial charge in [-0.05, 0) is 5.56 Å². The smallest absolute Gasteiger partial charge is 0.290 e. The zero-order valence-corrected chi connectivity index (χ0v) is 12.1. The summed E-state index contributed by atoms with van der Waals surface area (Å²) in [6, 6.07) is 11.3. The van der Waals surface area contributed by atoms with E-state index in [4.69, 9.17) is 4.74 Å². The average molecular weight is 297 g/mol. The van der Waals surface area contributed by atoms with Gasteiger partial charge in [0.15, 0.2) is 0 Å². The number of ether oxygens (including phenoxy) is 1. The fourth-order valence-corrected chi connectivity index (χ4v) is 2.36. The molecule has 0 N–H and O–H groups in total. The SMILES string of the molecule is CN1CC(c2cc(OCc3ccccc3)ncn2)C(=O)C1=O. The van der Waals surface area contributed by atoms with Crippen LogP contribution in [0.5, 0.6) is 5.88 Å². The number of likely N-dealkylation sites (N-methyl/N-ethyl adjacent to an activating group) is 1. The highest BCUT2D eigenvalue weighted by Crippen LogP contribution is 2.24. The van der Waals surface area contributed by atoms with E-state index in [-0.39, 0.29) is 0 Å². The van der Waals surface area contributed by atoms with Gasteiger partial charge in [0.1, 0.15) is 12.9 Å². The van der Waals surface area contributed by atoms with Crippen LogP contribution in [0.25, 0.3) is 0 Å². The van der Waals surface area contributed by atoms with Gasteiger partial charge in [-0.2, -0.15) is 0 Å². The van der Waals surface area contributed by atoms with Crippen molar-refractivity contribution < 1.29 is 14.3 Å². The van der Waals surface area contributed by atoms with Gasteiger partial charge >= 0.3 is 0 Å². The van der Waals surface area contributed by atoms with Gasteiger partial charge in [0.25, 0.3) is 5.91 Å². The van der Waals surface area contributed by atoms with Gasteiger partial charge in [0, 0.05) is 19.7 Å². The Morgan fingerprint density at radius 2 is 2.00 bits per heavy atom. The Kier molecular flexibility index (Phi) is 3.82. The molecule has 1 aromatic carbocycles. The summed E-state index contributed by atoms with van der Waals surface area (Å²) in [5.41, 5.74) is 1.54. The van der Waals surface area contributed by atoms with E-state index in [9.17, 15) is 9.59 Å². The van der Waals surface area contributed by atoms with E-state index in [0.717, 1.165) is 5.56 Å². The van der Waals surface area contributed by atoms with Crippen LogP contribution in [-0.2, 0) is 16.2 Å². The molecular weight excluding hydrogens is 282 g/mol. The number of carbonyl (C=O) groups is 2. The fourth-order valence-electron chi connectivity index (χ4n) is 2.36. The second kappa shape index (κ2) is 5.93. The Morgan fingerprint density at radius 1 is 1.23 bits per heavy atom. The minimum atomic E-state index is -0.542. The lowest BCUT2D eigenvalue weighted by Crippen LogP contribution is -2.22. The highest BCUT2D eigenvalue weighted by atomic mass is 16.5. The summed E-state index contributed by atoms with van der Waals surface area (Å²) in [4.78, 5) is 33.1. The maximum atomic E-state index is 11.9. The molecule has 2 heterocycles. The van der Waals surface area contributed by atoms with Crippen LogP contribution < -0.4 is 4.74 Å². The summed E-state index contributed by atoms with van der Waals surface area (Å²) in [7, 11) is 1.61. The molecule has 1 amide bonds. The number of Topliss-reactive ketones (excluding diaryl/α,β-unsaturated/α-hetero) is 1. The number of likely N-dealkylation sites (tertiary alicyclic amines) is 1. The number of ketones is 1. The standard InChI is InChI=1S/C16H15N3O3/c1-19-8-12(15(20)16(19)21)13-7-14(18-10-17-13)22-9-11-5-3-2-4-6-11/h2-7,10,12H,8-9H2,1H3. The second-order valence-corrected chi connectivity index (χ2v) is 5.16. The van der Waals surface area contributed by atoms with Crippen LogP contribution in [0.1, 0.15) is 17.2 Å². The molecule has 0 spiro atoms. The molecule has 1 aliphatic rings. The van der Waals surface area contributed by atoms with Gasteiger partial charge in [0.2, 0.25) is 11.7 Å². The van der Waals surface area contributed by atoms with Crippen molar-refractivity contribution in [2.75, 3.05) is 13.6 Å². The molecule has 2 aromatic rings. The number of nitrogens with zero attached hydrogens (tertiary/aromatic N) is 3. The van der Waals surface area contributed by atoms with Crippen LogP contribution in [0, 0.1) is 0 Å². The highest BCUT2D eigenvalue weighted by Gasteiger charge is 2.38. The van der Waals surface area contributed by atoms with Crippen LogP contribution in [-0.4, -0.2) is 40.2 Å². The Bertz CT molecular complexity index is 703. The predicted octanol–water partition coefficient (Wildman–Crippen LogP) is 1.18. The molecule has 1 unspecified atom stereocenters. The molecule has 22 heavy (non-hydrogen) atoms. The predicted molar refractivity (Wildman–Crippen MR) is 78.2 cm³/mol. The lowest BCUT2D eigenvalue weighted by Gasteiger charge is -2.10. The minimum Gasteiger partial charge on any atom is -0.473 e. The lowest BCUT2D eigenvalue weighted by atomic mass is 10.0. The van der Waals surface area contributed by atoms with E-state index in [1.54, 1.807) is 13.1 Å². The maximum absolute atomic E-state index is 11.9. The van der Waals surface area contributed by atoms with Crippen LogP contribution in [0.4, 0.5) is 0 Å². The lowest BCUT2D eigenvalue weighted by molar-refractivity contribution is -0.139. The van der Waals surface area contributed by atoms with Crippen molar-refractivity contribution in [3.63, 3.8) is 0 Å². The Balaban J connectivity index is 1.73. The van der Waals surface area contributed by atoms with E-state index in [2.05, 4.69) is 9.97 Å². The number of amides is 1. The molecule has 0 bridgehead atoms. The second-order valence-electron chi connectivity index (χ2n) is 5.16. The zero-order chi connectivity index (χ0) is 15.5. The molecule has 112 valence electrons. The Morgan fingerprint density at radius 3 is 2.68 bits per heavy atom. The fraction of sp³-hybridized carbons (Fsp3) is 0.250. The van der Waals surface area contributed by atoms with Crippen LogP contribution in [0.2, 0.25) is 0 Å². The molecule has 1 atom stereocenters. The van der Waals surface area contributed by atoms with E-state index < -0.39 is 17.6 Å². The number of rotatable bonds is 4. The van der Waals surface area contributed by atoms with Crippen molar-refractivity contribution in [2.24, 2.45) is 0 Å². The number of hydrogen-bond donors (Lipinski definition) is 0. The molecule has 1 aromatic heterocycles. The molecule has 6 nitrogen and oxygen atoms in total. The van der Waals surface area contributed by atoms with E-state index in [1.165, 1.54) is 11.2 Å². The third-order valence-electron chi connectivity index (χ3n) is 3.58. The van der Waals surface area contributed by atoms with Gasteiger partial charge in [0.05, 0.1) is 11.6 Å². The first-order valence-electron chi connectivity index (χ1n) is 6.93. The molecule has 0 aliphatic carbocycles. The van der Waals surface area contributed by atoms with Crippen molar-refractivity contribution in [2.45, 2.75) is 12.5 Å². The molecule has 1 fully saturated rings. The van der Waals surface area contributed by atoms with E-state index in [0.29, 0.717) is 24.7 Å². The first-order valence-corrected chi connectivity index (χ1v) is 6.93. The number of benzene rings is 1. The first-order chi connectivity index (χ1) is 10.6. The third kappa shape index (κ3) is 2.81. The van der Waals surface area contributed by atoms with Crippen molar-refractivity contribution >= 4 is 11.7 Å². The zero-order valence-electron chi connectivity index (χ0n) is 12.1. The van der Waals surface area contributed by atoms with Gasteiger partial charge in [-0.1, -0.05) is 30.3 Å². The minimum absolute atomic E-state index is 0.340. The quantitative estimate of drug-likeness (QED) is 0.792. The maximum Gasteiger partial charge on any atom is 0.290 e. The summed E-state index contributed by atoms with van der Waals surface area (Å²) >= 11 is 0. The van der Waals surface area contributed by atoms with E-state index >= 15 is 0 Å². The molecule has 0 radical (unpaired) electrons. The molecule has 6 heteroatoms. The van der Waals surface area contributed by atoms with Crippen LogP contribution in [0.15, 0.2) is 42.7 Å². The summed E-state index contributed by atoms with van der Waals surface area (Å²) in [5, 5.41) is 0. The van der Waals surface area contributed by atoms with Crippen LogP contribution >= 0.6 is 0 Å². The summed E-state index contributed by atoms with van der Waals surface area (Å²) in [6.07, 6.45) is 1.35. The van der Waals surface area contributed by atoms with Crippen molar-refractivity contribution in [3.05, 3.63) is 54.0 Å².